The van der Waals surface area contributed by atoms with Crippen molar-refractivity contribution in [2.24, 2.45) is 0 Å². The number of halogens is 1. The Kier molecular flexibility index (Phi) is 4.04. The molecule has 96 valence electrons. The molecule has 0 atom stereocenters. The lowest BCUT2D eigenvalue weighted by atomic mass is 10.4. The molecule has 2 heterocycles. The fourth-order valence-electron chi connectivity index (χ4n) is 1.58. The van der Waals surface area contributed by atoms with Gasteiger partial charge in [0.2, 0.25) is 0 Å². The molecule has 0 aliphatic heterocycles. The second kappa shape index (κ2) is 5.54. The van der Waals surface area contributed by atoms with Crippen molar-refractivity contribution in [3.05, 3.63) is 43.5 Å². The molecule has 4 nitrogen and oxygen atoms in total. The van der Waals surface area contributed by atoms with E-state index in [0.717, 1.165) is 0 Å². The predicted octanol–water partition coefficient (Wildman–Crippen LogP) is 2.90. The Hall–Kier alpha value is -1.33. The lowest BCUT2D eigenvalue weighted by Gasteiger charge is -2.08. The molecule has 0 aromatic carbocycles. The first-order valence-corrected chi connectivity index (χ1v) is 6.86. The Labute approximate surface area is 114 Å². The first-order valence-electron chi connectivity index (χ1n) is 5.66. The number of hydrogen-bond acceptors (Lipinski definition) is 4. The number of nitrogens with zero attached hydrogens (tertiary/aromatic N) is 2. The van der Waals surface area contributed by atoms with E-state index >= 15 is 0 Å². The van der Waals surface area contributed by atoms with E-state index in [2.05, 4.69) is 29.5 Å². The summed E-state index contributed by atoms with van der Waals surface area (Å²) in [5.74, 6) is 0. The summed E-state index contributed by atoms with van der Waals surface area (Å²) in [6, 6.07) is 4.12. The maximum atomic E-state index is 11.8. The van der Waals surface area contributed by atoms with Crippen LogP contribution in [0.5, 0.6) is 0 Å². The summed E-state index contributed by atoms with van der Waals surface area (Å²) in [7, 11) is 0. The zero-order chi connectivity index (χ0) is 13.1. The van der Waals surface area contributed by atoms with E-state index < -0.39 is 0 Å². The van der Waals surface area contributed by atoms with Gasteiger partial charge >= 0.3 is 0 Å². The Morgan fingerprint density at radius 2 is 2.28 bits per heavy atom. The molecule has 0 unspecified atom stereocenters. The predicted molar refractivity (Wildman–Crippen MR) is 75.6 cm³/mol. The molecule has 0 fully saturated rings. The number of aromatic nitrogens is 2. The van der Waals surface area contributed by atoms with Gasteiger partial charge in [0, 0.05) is 22.8 Å². The average molecular weight is 284 g/mol. The third kappa shape index (κ3) is 2.73. The monoisotopic (exact) mass is 283 g/mol. The van der Waals surface area contributed by atoms with Crippen LogP contribution in [0.3, 0.4) is 0 Å². The lowest BCUT2D eigenvalue weighted by molar-refractivity contribution is 0.616. The third-order valence-electron chi connectivity index (χ3n) is 2.53. The second-order valence-electron chi connectivity index (χ2n) is 3.86. The topological polar surface area (TPSA) is 46.9 Å². The minimum absolute atomic E-state index is 0.195. The third-order valence-corrected chi connectivity index (χ3v) is 3.90. The summed E-state index contributed by atoms with van der Waals surface area (Å²) in [4.78, 5) is 14.2. The van der Waals surface area contributed by atoms with Gasteiger partial charge in [-0.25, -0.2) is 4.68 Å². The van der Waals surface area contributed by atoms with Crippen LogP contribution in [0.4, 0.5) is 5.69 Å². The molecular weight excluding hydrogens is 270 g/mol. The van der Waals surface area contributed by atoms with Crippen molar-refractivity contribution >= 4 is 28.6 Å². The number of anilines is 1. The van der Waals surface area contributed by atoms with Gasteiger partial charge in [-0.3, -0.25) is 4.79 Å². The van der Waals surface area contributed by atoms with Crippen LogP contribution in [0.15, 0.2) is 23.1 Å². The molecule has 0 saturated heterocycles. The molecular formula is C12H14ClN3OS. The molecule has 18 heavy (non-hydrogen) atoms. The number of nitrogens with one attached hydrogen (secondary N) is 1. The van der Waals surface area contributed by atoms with Gasteiger partial charge in [-0.2, -0.15) is 5.10 Å². The molecule has 6 heteroatoms. The summed E-state index contributed by atoms with van der Waals surface area (Å²) in [6.07, 6.45) is 1.59. The van der Waals surface area contributed by atoms with E-state index in [1.54, 1.807) is 17.5 Å². The molecule has 2 aromatic rings. The quantitative estimate of drug-likeness (QED) is 0.938. The van der Waals surface area contributed by atoms with Crippen molar-refractivity contribution in [3.8, 4) is 0 Å². The van der Waals surface area contributed by atoms with Crippen LogP contribution in [-0.4, -0.2) is 9.78 Å². The Morgan fingerprint density at radius 3 is 2.89 bits per heavy atom. The number of aryl methyl sites for hydroxylation is 2. The molecule has 2 aromatic heterocycles. The van der Waals surface area contributed by atoms with E-state index in [1.165, 1.54) is 14.4 Å². The van der Waals surface area contributed by atoms with Gasteiger partial charge in [0.15, 0.2) is 0 Å². The molecule has 2 rings (SSSR count). The largest absolute Gasteiger partial charge is 0.377 e. The smallest absolute Gasteiger partial charge is 0.287 e. The van der Waals surface area contributed by atoms with Gasteiger partial charge in [0.25, 0.3) is 5.56 Å². The summed E-state index contributed by atoms with van der Waals surface area (Å²) >= 11 is 7.73. The van der Waals surface area contributed by atoms with Crippen LogP contribution < -0.4 is 10.9 Å². The highest BCUT2D eigenvalue weighted by Gasteiger charge is 2.08. The maximum absolute atomic E-state index is 11.8. The van der Waals surface area contributed by atoms with E-state index in [9.17, 15) is 4.79 Å². The van der Waals surface area contributed by atoms with Crippen molar-refractivity contribution < 1.29 is 0 Å². The minimum Gasteiger partial charge on any atom is -0.377 e. The molecule has 0 spiro atoms. The summed E-state index contributed by atoms with van der Waals surface area (Å²) in [5.41, 5.74) is 0.323. The normalized spacial score (nSPS) is 10.6. The van der Waals surface area contributed by atoms with Crippen molar-refractivity contribution in [1.82, 2.24) is 9.78 Å². The van der Waals surface area contributed by atoms with Gasteiger partial charge in [-0.15, -0.1) is 11.3 Å². The fraction of sp³-hybridized carbons (Fsp3) is 0.333. The zero-order valence-electron chi connectivity index (χ0n) is 10.2. The number of hydrogen-bond donors (Lipinski definition) is 1. The van der Waals surface area contributed by atoms with Crippen LogP contribution in [0.1, 0.15) is 16.7 Å². The molecule has 0 aliphatic rings. The number of rotatable bonds is 4. The Balaban J connectivity index is 2.15. The highest BCUT2D eigenvalue weighted by molar-refractivity contribution is 7.11. The van der Waals surface area contributed by atoms with Gasteiger partial charge in [0.1, 0.15) is 5.02 Å². The number of thiophene rings is 1. The van der Waals surface area contributed by atoms with Crippen LogP contribution >= 0.6 is 22.9 Å². The van der Waals surface area contributed by atoms with Gasteiger partial charge in [0.05, 0.1) is 11.9 Å². The summed E-state index contributed by atoms with van der Waals surface area (Å²) < 4.78 is 1.34. The van der Waals surface area contributed by atoms with Gasteiger partial charge in [-0.05, 0) is 26.0 Å². The molecule has 1 N–H and O–H groups in total. The minimum atomic E-state index is -0.258. The van der Waals surface area contributed by atoms with Crippen LogP contribution in [-0.2, 0) is 13.1 Å². The Morgan fingerprint density at radius 1 is 1.50 bits per heavy atom. The van der Waals surface area contributed by atoms with Crippen molar-refractivity contribution in [2.45, 2.75) is 26.9 Å². The molecule has 0 bridgehead atoms. The van der Waals surface area contributed by atoms with E-state index in [4.69, 9.17) is 11.6 Å². The van der Waals surface area contributed by atoms with E-state index in [1.807, 2.05) is 6.92 Å². The summed E-state index contributed by atoms with van der Waals surface area (Å²) in [5, 5.41) is 7.37. The molecule has 0 radical (unpaired) electrons. The van der Waals surface area contributed by atoms with E-state index in [-0.39, 0.29) is 10.6 Å². The molecule has 0 aliphatic carbocycles. The standard InChI is InChI=1S/C12H14ClN3OS/c1-3-16-12(17)11(13)10(7-15-16)14-6-9-5-4-8(2)18-9/h4-5,7,14H,3,6H2,1-2H3. The van der Waals surface area contributed by atoms with Crippen molar-refractivity contribution in [1.29, 1.82) is 0 Å². The second-order valence-corrected chi connectivity index (χ2v) is 5.61. The average Bonchev–Trinajstić information content (AvgIpc) is 2.77. The van der Waals surface area contributed by atoms with Gasteiger partial charge < -0.3 is 5.32 Å². The maximum Gasteiger partial charge on any atom is 0.287 e. The van der Waals surface area contributed by atoms with Crippen molar-refractivity contribution in [3.63, 3.8) is 0 Å². The van der Waals surface area contributed by atoms with E-state index in [0.29, 0.717) is 18.8 Å². The van der Waals surface area contributed by atoms with Crippen LogP contribution in [0.25, 0.3) is 0 Å². The highest BCUT2D eigenvalue weighted by atomic mass is 35.5. The van der Waals surface area contributed by atoms with Crippen LogP contribution in [0.2, 0.25) is 5.02 Å². The molecule has 0 amide bonds. The van der Waals surface area contributed by atoms with Crippen molar-refractivity contribution in [2.75, 3.05) is 5.32 Å². The Bertz CT molecular complexity index is 606. The lowest BCUT2D eigenvalue weighted by Crippen LogP contribution is -2.23. The fourth-order valence-corrected chi connectivity index (χ4v) is 2.62. The first-order chi connectivity index (χ1) is 8.61. The van der Waals surface area contributed by atoms with Gasteiger partial charge in [-0.1, -0.05) is 11.6 Å². The molecule has 0 saturated carbocycles. The first kappa shape index (κ1) is 13.1. The van der Waals surface area contributed by atoms with Crippen LogP contribution in [0, 0.1) is 6.92 Å². The summed E-state index contributed by atoms with van der Waals surface area (Å²) in [6.45, 7) is 5.08. The highest BCUT2D eigenvalue weighted by Crippen LogP contribution is 2.19. The SMILES string of the molecule is CCn1ncc(NCc2ccc(C)s2)c(Cl)c1=O. The zero-order valence-corrected chi connectivity index (χ0v) is 11.8.